The molecule has 0 aromatic heterocycles. The van der Waals surface area contributed by atoms with Crippen LogP contribution in [-0.4, -0.2) is 24.1 Å². The molecule has 0 saturated carbocycles. The van der Waals surface area contributed by atoms with Crippen LogP contribution in [0.2, 0.25) is 0 Å². The maximum atomic E-state index is 13.0. The minimum Gasteiger partial charge on any atom is -0.398 e. The van der Waals surface area contributed by atoms with Crippen molar-refractivity contribution < 1.29 is 9.59 Å². The van der Waals surface area contributed by atoms with Crippen molar-refractivity contribution in [1.82, 2.24) is 5.32 Å². The van der Waals surface area contributed by atoms with Crippen molar-refractivity contribution in [2.24, 2.45) is 0 Å². The second-order valence-electron chi connectivity index (χ2n) is 6.52. The van der Waals surface area contributed by atoms with Gasteiger partial charge in [-0.2, -0.15) is 0 Å². The largest absolute Gasteiger partial charge is 0.398 e. The Morgan fingerprint density at radius 2 is 1.59 bits per heavy atom. The van der Waals surface area contributed by atoms with E-state index in [2.05, 4.69) is 10.6 Å². The van der Waals surface area contributed by atoms with Crippen LogP contribution in [0, 0.1) is 5.41 Å². The van der Waals surface area contributed by atoms with E-state index >= 15 is 0 Å². The zero-order chi connectivity index (χ0) is 20.6. The summed E-state index contributed by atoms with van der Waals surface area (Å²) in [7, 11) is 0. The first kappa shape index (κ1) is 19.8. The van der Waals surface area contributed by atoms with E-state index in [4.69, 9.17) is 11.1 Å². The van der Waals surface area contributed by atoms with Crippen molar-refractivity contribution in [3.8, 4) is 0 Å². The molecule has 146 valence electrons. The van der Waals surface area contributed by atoms with Gasteiger partial charge in [0.05, 0.1) is 5.69 Å². The highest BCUT2D eigenvalue weighted by molar-refractivity contribution is 6.04. The van der Waals surface area contributed by atoms with Crippen LogP contribution in [0.25, 0.3) is 0 Å². The number of hydrogen-bond donors (Lipinski definition) is 4. The Kier molecular flexibility index (Phi) is 6.37. The number of benzene rings is 3. The summed E-state index contributed by atoms with van der Waals surface area (Å²) in [5, 5.41) is 13.2. The van der Waals surface area contributed by atoms with Crippen molar-refractivity contribution in [3.05, 3.63) is 95.6 Å². The van der Waals surface area contributed by atoms with E-state index in [1.54, 1.807) is 42.5 Å². The van der Waals surface area contributed by atoms with Gasteiger partial charge in [-0.05, 0) is 29.8 Å². The molecule has 2 amide bonds. The molecule has 6 nitrogen and oxygen atoms in total. The molecule has 3 rings (SSSR count). The maximum absolute atomic E-state index is 13.0. The molecule has 0 spiro atoms. The molecule has 3 aromatic rings. The second-order valence-corrected chi connectivity index (χ2v) is 6.52. The average molecular weight is 386 g/mol. The highest BCUT2D eigenvalue weighted by atomic mass is 16.2. The zero-order valence-corrected chi connectivity index (χ0v) is 15.8. The van der Waals surface area contributed by atoms with E-state index in [0.29, 0.717) is 28.9 Å². The molecule has 0 aliphatic carbocycles. The Balaban J connectivity index is 1.84. The Labute approximate surface area is 169 Å². The number of nitrogens with two attached hydrogens (primary N) is 1. The van der Waals surface area contributed by atoms with Crippen molar-refractivity contribution in [2.45, 2.75) is 12.5 Å². The monoisotopic (exact) mass is 386 g/mol. The van der Waals surface area contributed by atoms with Gasteiger partial charge >= 0.3 is 0 Å². The first-order valence-electron chi connectivity index (χ1n) is 9.18. The van der Waals surface area contributed by atoms with Crippen LogP contribution in [0.15, 0.2) is 78.9 Å². The van der Waals surface area contributed by atoms with Gasteiger partial charge in [-0.15, -0.1) is 0 Å². The van der Waals surface area contributed by atoms with Crippen LogP contribution in [0.3, 0.4) is 0 Å². The molecular formula is C23H22N4O2. The van der Waals surface area contributed by atoms with Crippen molar-refractivity contribution >= 4 is 29.4 Å². The van der Waals surface area contributed by atoms with Gasteiger partial charge in [-0.1, -0.05) is 54.6 Å². The van der Waals surface area contributed by atoms with Gasteiger partial charge in [0.25, 0.3) is 5.91 Å². The highest BCUT2D eigenvalue weighted by Crippen LogP contribution is 2.20. The summed E-state index contributed by atoms with van der Waals surface area (Å²) in [6, 6.07) is 22.4. The summed E-state index contributed by atoms with van der Waals surface area (Å²) in [5.74, 6) is -0.714. The number of anilines is 2. The van der Waals surface area contributed by atoms with E-state index in [1.807, 2.05) is 36.4 Å². The Morgan fingerprint density at radius 3 is 2.24 bits per heavy atom. The smallest absolute Gasteiger partial charge is 0.251 e. The number of nitrogens with one attached hydrogen (secondary N) is 3. The number of rotatable bonds is 7. The van der Waals surface area contributed by atoms with Crippen LogP contribution < -0.4 is 16.4 Å². The number of hydrogen-bond acceptors (Lipinski definition) is 4. The predicted molar refractivity (Wildman–Crippen MR) is 115 cm³/mol. The van der Waals surface area contributed by atoms with Crippen molar-refractivity contribution in [3.63, 3.8) is 0 Å². The van der Waals surface area contributed by atoms with Crippen LogP contribution in [0.1, 0.15) is 21.5 Å². The normalized spacial score (nSPS) is 11.3. The number of carbonyl (C=O) groups is 2. The number of nitrogen functional groups attached to an aromatic ring is 1. The fourth-order valence-corrected chi connectivity index (χ4v) is 2.96. The summed E-state index contributed by atoms with van der Waals surface area (Å²) in [4.78, 5) is 25.7. The molecule has 29 heavy (non-hydrogen) atoms. The Hall–Kier alpha value is -3.93. The van der Waals surface area contributed by atoms with Crippen LogP contribution in [0.5, 0.6) is 0 Å². The molecule has 6 heteroatoms. The molecule has 0 aliphatic rings. The van der Waals surface area contributed by atoms with Gasteiger partial charge in [0.15, 0.2) is 0 Å². The molecule has 0 aliphatic heterocycles. The summed E-state index contributed by atoms with van der Waals surface area (Å²) in [5.41, 5.74) is 8.53. The van der Waals surface area contributed by atoms with Crippen molar-refractivity contribution in [1.29, 1.82) is 5.41 Å². The summed E-state index contributed by atoms with van der Waals surface area (Å²) >= 11 is 0. The minimum atomic E-state index is -0.801. The van der Waals surface area contributed by atoms with Crippen LogP contribution in [-0.2, 0) is 11.2 Å². The molecule has 0 heterocycles. The lowest BCUT2D eigenvalue weighted by atomic mass is 10.0. The first-order valence-corrected chi connectivity index (χ1v) is 9.18. The number of carbonyl (C=O) groups excluding carboxylic acids is 2. The van der Waals surface area contributed by atoms with Crippen molar-refractivity contribution in [2.75, 3.05) is 11.1 Å². The van der Waals surface area contributed by atoms with E-state index in [1.165, 1.54) is 0 Å². The Morgan fingerprint density at radius 1 is 0.931 bits per heavy atom. The van der Waals surface area contributed by atoms with Gasteiger partial charge < -0.3 is 21.8 Å². The first-order chi connectivity index (χ1) is 14.1. The third-order valence-electron chi connectivity index (χ3n) is 4.48. The van der Waals surface area contributed by atoms with Gasteiger partial charge in [-0.25, -0.2) is 0 Å². The quantitative estimate of drug-likeness (QED) is 0.370. The molecule has 1 atom stereocenters. The SMILES string of the molecule is N=Cc1c(N)cccc1NC(=O)C(Cc1ccccc1)NC(=O)c1ccccc1. The van der Waals surface area contributed by atoms with Gasteiger partial charge in [0.1, 0.15) is 6.04 Å². The highest BCUT2D eigenvalue weighted by Gasteiger charge is 2.23. The zero-order valence-electron chi connectivity index (χ0n) is 15.8. The third kappa shape index (κ3) is 5.07. The number of amides is 2. The lowest BCUT2D eigenvalue weighted by Crippen LogP contribution is -2.45. The lowest BCUT2D eigenvalue weighted by Gasteiger charge is -2.20. The van der Waals surface area contributed by atoms with Crippen LogP contribution >= 0.6 is 0 Å². The summed E-state index contributed by atoms with van der Waals surface area (Å²) in [6.45, 7) is 0. The standard InChI is InChI=1S/C23H22N4O2/c24-15-18-19(25)12-7-13-20(18)26-23(29)21(14-16-8-3-1-4-9-16)27-22(28)17-10-5-2-6-11-17/h1-13,15,21,24H,14,25H2,(H,26,29)(H,27,28). The average Bonchev–Trinajstić information content (AvgIpc) is 2.74. The summed E-state index contributed by atoms with van der Waals surface area (Å²) in [6.07, 6.45) is 1.42. The molecule has 0 bridgehead atoms. The predicted octanol–water partition coefficient (Wildman–Crippen LogP) is 3.25. The molecule has 5 N–H and O–H groups in total. The molecule has 1 unspecified atom stereocenters. The molecule has 3 aromatic carbocycles. The topological polar surface area (TPSA) is 108 Å². The van der Waals surface area contributed by atoms with E-state index in [-0.39, 0.29) is 11.8 Å². The molecule has 0 fully saturated rings. The third-order valence-corrected chi connectivity index (χ3v) is 4.48. The second kappa shape index (κ2) is 9.32. The van der Waals surface area contributed by atoms with Gasteiger partial charge in [0, 0.05) is 29.4 Å². The fourth-order valence-electron chi connectivity index (χ4n) is 2.96. The molecule has 0 radical (unpaired) electrons. The Bertz CT molecular complexity index is 1000. The van der Waals surface area contributed by atoms with E-state index < -0.39 is 6.04 Å². The molecule has 0 saturated heterocycles. The van der Waals surface area contributed by atoms with Gasteiger partial charge in [0.2, 0.25) is 5.91 Å². The van der Waals surface area contributed by atoms with Gasteiger partial charge in [-0.3, -0.25) is 9.59 Å². The maximum Gasteiger partial charge on any atom is 0.251 e. The van der Waals surface area contributed by atoms with E-state index in [9.17, 15) is 9.59 Å². The van der Waals surface area contributed by atoms with Crippen LogP contribution in [0.4, 0.5) is 11.4 Å². The molecular weight excluding hydrogens is 364 g/mol. The van der Waals surface area contributed by atoms with E-state index in [0.717, 1.165) is 11.8 Å². The summed E-state index contributed by atoms with van der Waals surface area (Å²) < 4.78 is 0. The lowest BCUT2D eigenvalue weighted by molar-refractivity contribution is -0.118. The fraction of sp³-hybridized carbons (Fsp3) is 0.0870. The minimum absolute atomic E-state index is 0.327.